The fraction of sp³-hybridized carbons (Fsp3) is 0.286. The molecule has 0 unspecified atom stereocenters. The molecule has 5 heteroatoms. The minimum absolute atomic E-state index is 0.0254. The van der Waals surface area contributed by atoms with Crippen molar-refractivity contribution >= 4 is 11.6 Å². The Bertz CT molecular complexity index is 580. The van der Waals surface area contributed by atoms with Crippen LogP contribution in [0, 0.1) is 0 Å². The summed E-state index contributed by atoms with van der Waals surface area (Å²) in [5.74, 6) is 0.0254. The number of anilines is 1. The lowest BCUT2D eigenvalue weighted by Gasteiger charge is -2.12. The van der Waals surface area contributed by atoms with Gasteiger partial charge in [0.1, 0.15) is 6.04 Å². The summed E-state index contributed by atoms with van der Waals surface area (Å²) in [6.07, 6.45) is 2.47. The summed E-state index contributed by atoms with van der Waals surface area (Å²) in [7, 11) is 1.87. The summed E-state index contributed by atoms with van der Waals surface area (Å²) in [5, 5.41) is 10.3. The van der Waals surface area contributed by atoms with Crippen LogP contribution < -0.4 is 10.6 Å². The molecule has 2 aromatic rings. The van der Waals surface area contributed by atoms with E-state index in [4.69, 9.17) is 0 Å². The number of carbonyl (C=O) groups is 1. The Hall–Kier alpha value is -2.30. The van der Waals surface area contributed by atoms with Gasteiger partial charge in [-0.2, -0.15) is 5.10 Å². The van der Waals surface area contributed by atoms with Crippen LogP contribution in [0.15, 0.2) is 36.5 Å². The zero-order chi connectivity index (χ0) is 13.2. The maximum atomic E-state index is 12.1. The van der Waals surface area contributed by atoms with E-state index in [0.717, 1.165) is 17.8 Å². The molecule has 2 N–H and O–H groups in total. The van der Waals surface area contributed by atoms with Crippen LogP contribution in [-0.4, -0.2) is 21.7 Å². The fourth-order valence-corrected chi connectivity index (χ4v) is 2.33. The summed E-state index contributed by atoms with van der Waals surface area (Å²) in [6, 6.07) is 9.75. The van der Waals surface area contributed by atoms with Crippen LogP contribution in [0.5, 0.6) is 0 Å². The molecule has 1 aliphatic rings. The molecule has 19 heavy (non-hydrogen) atoms. The molecule has 0 spiro atoms. The van der Waals surface area contributed by atoms with Crippen molar-refractivity contribution in [3.63, 3.8) is 0 Å². The largest absolute Gasteiger partial charge is 0.373 e. The van der Waals surface area contributed by atoms with Gasteiger partial charge in [0.25, 0.3) is 0 Å². The van der Waals surface area contributed by atoms with E-state index in [0.29, 0.717) is 6.54 Å². The zero-order valence-electron chi connectivity index (χ0n) is 10.8. The van der Waals surface area contributed by atoms with Crippen LogP contribution in [0.2, 0.25) is 0 Å². The SMILES string of the molecule is Cn1nccc1CNC(=O)[C@@H]1Cc2ccccc2N1. The number of carbonyl (C=O) groups excluding carboxylic acids is 1. The quantitative estimate of drug-likeness (QED) is 0.863. The topological polar surface area (TPSA) is 59.0 Å². The highest BCUT2D eigenvalue weighted by Gasteiger charge is 2.25. The van der Waals surface area contributed by atoms with Crippen LogP contribution in [0.1, 0.15) is 11.3 Å². The maximum Gasteiger partial charge on any atom is 0.243 e. The van der Waals surface area contributed by atoms with E-state index in [1.54, 1.807) is 10.9 Å². The number of aromatic nitrogens is 2. The average Bonchev–Trinajstić information content (AvgIpc) is 3.01. The van der Waals surface area contributed by atoms with Crippen molar-refractivity contribution in [1.82, 2.24) is 15.1 Å². The van der Waals surface area contributed by atoms with Gasteiger partial charge < -0.3 is 10.6 Å². The molecular weight excluding hydrogens is 240 g/mol. The third-order valence-electron chi connectivity index (χ3n) is 3.45. The van der Waals surface area contributed by atoms with Gasteiger partial charge in [-0.3, -0.25) is 9.48 Å². The number of para-hydroxylation sites is 1. The highest BCUT2D eigenvalue weighted by molar-refractivity contribution is 5.87. The Labute approximate surface area is 111 Å². The molecule has 98 valence electrons. The fourth-order valence-electron chi connectivity index (χ4n) is 2.33. The molecule has 2 heterocycles. The van der Waals surface area contributed by atoms with Gasteiger partial charge in [0, 0.05) is 25.4 Å². The lowest BCUT2D eigenvalue weighted by molar-refractivity contribution is -0.121. The number of rotatable bonds is 3. The number of nitrogens with one attached hydrogen (secondary N) is 2. The molecule has 0 aliphatic carbocycles. The van der Waals surface area contributed by atoms with E-state index in [1.807, 2.05) is 31.3 Å². The number of aryl methyl sites for hydroxylation is 1. The molecule has 0 fully saturated rings. The van der Waals surface area contributed by atoms with Crippen LogP contribution in [-0.2, 0) is 24.8 Å². The number of hydrogen-bond donors (Lipinski definition) is 2. The monoisotopic (exact) mass is 256 g/mol. The summed E-state index contributed by atoms with van der Waals surface area (Å²) in [5.41, 5.74) is 3.25. The lowest BCUT2D eigenvalue weighted by Crippen LogP contribution is -2.38. The van der Waals surface area contributed by atoms with Crippen LogP contribution in [0.3, 0.4) is 0 Å². The van der Waals surface area contributed by atoms with Crippen LogP contribution in [0.25, 0.3) is 0 Å². The average molecular weight is 256 g/mol. The molecule has 1 amide bonds. The Kier molecular flexibility index (Phi) is 2.95. The molecule has 3 rings (SSSR count). The molecule has 1 aromatic heterocycles. The molecule has 1 aromatic carbocycles. The third-order valence-corrected chi connectivity index (χ3v) is 3.45. The van der Waals surface area contributed by atoms with Gasteiger partial charge in [-0.1, -0.05) is 18.2 Å². The predicted octanol–water partition coefficient (Wildman–Crippen LogP) is 1.07. The Balaban J connectivity index is 1.60. The second kappa shape index (κ2) is 4.76. The molecule has 5 nitrogen and oxygen atoms in total. The van der Waals surface area contributed by atoms with Crippen molar-refractivity contribution in [1.29, 1.82) is 0 Å². The van der Waals surface area contributed by atoms with Gasteiger partial charge in [-0.05, 0) is 17.7 Å². The highest BCUT2D eigenvalue weighted by Crippen LogP contribution is 2.25. The minimum atomic E-state index is -0.175. The normalized spacial score (nSPS) is 16.8. The van der Waals surface area contributed by atoms with Gasteiger partial charge in [0.05, 0.1) is 12.2 Å². The van der Waals surface area contributed by atoms with E-state index < -0.39 is 0 Å². The van der Waals surface area contributed by atoms with E-state index in [-0.39, 0.29) is 11.9 Å². The number of amides is 1. The van der Waals surface area contributed by atoms with E-state index in [9.17, 15) is 4.79 Å². The van der Waals surface area contributed by atoms with E-state index >= 15 is 0 Å². The highest BCUT2D eigenvalue weighted by atomic mass is 16.2. The van der Waals surface area contributed by atoms with Crippen molar-refractivity contribution in [3.05, 3.63) is 47.8 Å². The number of nitrogens with zero attached hydrogens (tertiary/aromatic N) is 2. The second-order valence-electron chi connectivity index (χ2n) is 4.72. The van der Waals surface area contributed by atoms with Gasteiger partial charge in [0.15, 0.2) is 0 Å². The Morgan fingerprint density at radius 2 is 2.32 bits per heavy atom. The number of benzene rings is 1. The molecule has 0 saturated heterocycles. The molecule has 0 bridgehead atoms. The molecule has 1 atom stereocenters. The van der Waals surface area contributed by atoms with Gasteiger partial charge >= 0.3 is 0 Å². The van der Waals surface area contributed by atoms with Crippen molar-refractivity contribution in [2.75, 3.05) is 5.32 Å². The van der Waals surface area contributed by atoms with Crippen molar-refractivity contribution in [3.8, 4) is 0 Å². The van der Waals surface area contributed by atoms with Gasteiger partial charge in [-0.15, -0.1) is 0 Å². The molecule has 0 radical (unpaired) electrons. The number of fused-ring (bicyclic) bond motifs is 1. The summed E-state index contributed by atoms with van der Waals surface area (Å²) in [6.45, 7) is 0.504. The summed E-state index contributed by atoms with van der Waals surface area (Å²) in [4.78, 5) is 12.1. The maximum absolute atomic E-state index is 12.1. The van der Waals surface area contributed by atoms with Gasteiger partial charge in [0.2, 0.25) is 5.91 Å². The summed E-state index contributed by atoms with van der Waals surface area (Å²) < 4.78 is 1.76. The number of hydrogen-bond acceptors (Lipinski definition) is 3. The zero-order valence-corrected chi connectivity index (χ0v) is 10.8. The van der Waals surface area contributed by atoms with Crippen LogP contribution >= 0.6 is 0 Å². The van der Waals surface area contributed by atoms with E-state index in [2.05, 4.69) is 21.8 Å². The molecule has 0 saturated carbocycles. The first-order chi connectivity index (χ1) is 9.24. The van der Waals surface area contributed by atoms with Gasteiger partial charge in [-0.25, -0.2) is 0 Å². The van der Waals surface area contributed by atoms with E-state index in [1.165, 1.54) is 5.56 Å². The lowest BCUT2D eigenvalue weighted by atomic mass is 10.1. The first kappa shape index (κ1) is 11.8. The second-order valence-corrected chi connectivity index (χ2v) is 4.72. The Morgan fingerprint density at radius 3 is 3.05 bits per heavy atom. The molecule has 1 aliphatic heterocycles. The van der Waals surface area contributed by atoms with Crippen molar-refractivity contribution < 1.29 is 4.79 Å². The predicted molar refractivity (Wildman–Crippen MR) is 72.6 cm³/mol. The first-order valence-corrected chi connectivity index (χ1v) is 6.33. The molecular formula is C14H16N4O. The minimum Gasteiger partial charge on any atom is -0.373 e. The van der Waals surface area contributed by atoms with Crippen molar-refractivity contribution in [2.24, 2.45) is 7.05 Å². The van der Waals surface area contributed by atoms with Crippen molar-refractivity contribution in [2.45, 2.75) is 19.0 Å². The third kappa shape index (κ3) is 2.31. The summed E-state index contributed by atoms with van der Waals surface area (Å²) >= 11 is 0. The smallest absolute Gasteiger partial charge is 0.243 e. The van der Waals surface area contributed by atoms with Crippen LogP contribution in [0.4, 0.5) is 5.69 Å². The first-order valence-electron chi connectivity index (χ1n) is 6.33. The Morgan fingerprint density at radius 1 is 1.47 bits per heavy atom. The standard InChI is InChI=1S/C14H16N4O/c1-18-11(6-7-16-18)9-15-14(19)13-8-10-4-2-3-5-12(10)17-13/h2-7,13,17H,8-9H2,1H3,(H,15,19)/t13-/m0/s1.